The number of hydrogen-bond donors (Lipinski definition) is 3. The fourth-order valence-electron chi connectivity index (χ4n) is 4.94. The lowest BCUT2D eigenvalue weighted by atomic mass is 9.85. The second kappa shape index (κ2) is 11.9. The predicted molar refractivity (Wildman–Crippen MR) is 157 cm³/mol. The molecule has 2 fully saturated rings. The van der Waals surface area contributed by atoms with Gasteiger partial charge in [-0.3, -0.25) is 14.5 Å². The molecule has 0 spiro atoms. The number of ether oxygens (including phenoxy) is 1. The zero-order valence-corrected chi connectivity index (χ0v) is 24.0. The number of piperidine rings is 1. The Kier molecular flexibility index (Phi) is 8.37. The van der Waals surface area contributed by atoms with Gasteiger partial charge in [0.15, 0.2) is 5.58 Å². The van der Waals surface area contributed by atoms with E-state index in [1.54, 1.807) is 0 Å². The number of aromatic nitrogens is 1. The first-order chi connectivity index (χ1) is 18.4. The van der Waals surface area contributed by atoms with Crippen molar-refractivity contribution in [3.63, 3.8) is 0 Å². The maximum Gasteiger partial charge on any atom is 0.295 e. The molecular weight excluding hydrogens is 597 g/mol. The van der Waals surface area contributed by atoms with Gasteiger partial charge in [0.05, 0.1) is 15.9 Å². The van der Waals surface area contributed by atoms with Gasteiger partial charge in [0.25, 0.3) is 6.01 Å². The number of benzene rings is 2. The molecule has 1 saturated heterocycles. The van der Waals surface area contributed by atoms with E-state index in [0.29, 0.717) is 18.2 Å². The lowest BCUT2D eigenvalue weighted by molar-refractivity contribution is -0.122. The summed E-state index contributed by atoms with van der Waals surface area (Å²) in [7, 11) is 0. The summed E-state index contributed by atoms with van der Waals surface area (Å²) in [6.07, 6.45) is 5.00. The van der Waals surface area contributed by atoms with E-state index in [1.807, 2.05) is 31.2 Å². The number of carbonyl (C=O) groups is 2. The molecule has 5 rings (SSSR count). The van der Waals surface area contributed by atoms with Crippen LogP contribution in [0.3, 0.4) is 0 Å². The molecule has 10 heteroatoms. The minimum Gasteiger partial charge on any atom is -0.493 e. The van der Waals surface area contributed by atoms with Crippen LogP contribution in [0.5, 0.6) is 5.75 Å². The summed E-state index contributed by atoms with van der Waals surface area (Å²) in [6.45, 7) is 6.70. The number of carbonyl (C=O) groups excluding carboxylic acids is 2. The third-order valence-corrected chi connectivity index (χ3v) is 8.27. The van der Waals surface area contributed by atoms with Crippen molar-refractivity contribution in [2.75, 3.05) is 35.6 Å². The van der Waals surface area contributed by atoms with Crippen molar-refractivity contribution in [2.24, 2.45) is 5.92 Å². The van der Waals surface area contributed by atoms with E-state index in [9.17, 15) is 9.59 Å². The van der Waals surface area contributed by atoms with Crippen molar-refractivity contribution in [3.05, 3.63) is 39.5 Å². The quantitative estimate of drug-likeness (QED) is 0.264. The van der Waals surface area contributed by atoms with Crippen LogP contribution >= 0.6 is 22.6 Å². The highest BCUT2D eigenvalue weighted by molar-refractivity contribution is 14.1. The number of hydrogen-bond acceptors (Lipinski definition) is 7. The van der Waals surface area contributed by atoms with E-state index in [4.69, 9.17) is 9.15 Å². The van der Waals surface area contributed by atoms with Crippen molar-refractivity contribution in [1.82, 2.24) is 9.88 Å². The molecule has 2 aliphatic rings. The molecule has 1 aliphatic heterocycles. The monoisotopic (exact) mass is 631 g/mol. The van der Waals surface area contributed by atoms with Gasteiger partial charge in [0, 0.05) is 44.2 Å². The number of rotatable bonds is 9. The molecule has 0 atom stereocenters. The number of halogens is 1. The Balaban J connectivity index is 1.17. The zero-order valence-electron chi connectivity index (χ0n) is 21.8. The van der Waals surface area contributed by atoms with Gasteiger partial charge >= 0.3 is 0 Å². The highest BCUT2D eigenvalue weighted by Crippen LogP contribution is 2.32. The van der Waals surface area contributed by atoms with Crippen LogP contribution < -0.4 is 20.7 Å². The Labute approximate surface area is 236 Å². The van der Waals surface area contributed by atoms with E-state index < -0.39 is 0 Å². The van der Waals surface area contributed by atoms with Crippen LogP contribution in [0.1, 0.15) is 51.5 Å². The topological polar surface area (TPSA) is 109 Å². The SMILES string of the molecule is CCOc1cc(CN2CCC(Nc3nc4cc(NC(=O)C5CCC5)ccc4o3)CC2)cc(NC(C)=O)c1I. The standard InChI is InChI=1S/C28H34IN5O4/c1-3-37-25-14-18(13-23(26(25)29)30-17(2)35)16-34-11-9-20(10-12-34)32-28-33-22-15-21(7-8-24(22)38-28)31-27(36)19-5-4-6-19/h7-8,13-15,19-20H,3-6,9-12,16H2,1-2H3,(H,30,35)(H,31,36)(H,32,33). The second-order valence-corrected chi connectivity index (χ2v) is 11.2. The largest absolute Gasteiger partial charge is 0.493 e. The summed E-state index contributed by atoms with van der Waals surface area (Å²) >= 11 is 2.22. The van der Waals surface area contributed by atoms with Crippen LogP contribution in [0, 0.1) is 9.49 Å². The second-order valence-electron chi connectivity index (χ2n) is 10.1. The molecule has 9 nitrogen and oxygen atoms in total. The molecular formula is C28H34IN5O4. The van der Waals surface area contributed by atoms with Crippen LogP contribution in [0.15, 0.2) is 34.7 Å². The molecule has 0 bridgehead atoms. The first-order valence-corrected chi connectivity index (χ1v) is 14.4. The molecule has 3 N–H and O–H groups in total. The highest BCUT2D eigenvalue weighted by Gasteiger charge is 2.25. The normalized spacial score (nSPS) is 16.7. The molecule has 2 amide bonds. The van der Waals surface area contributed by atoms with E-state index in [-0.39, 0.29) is 23.8 Å². The molecule has 2 aromatic carbocycles. The average Bonchev–Trinajstić information content (AvgIpc) is 3.23. The molecule has 1 aliphatic carbocycles. The van der Waals surface area contributed by atoms with Crippen molar-refractivity contribution in [3.8, 4) is 5.75 Å². The van der Waals surface area contributed by atoms with Gasteiger partial charge in [-0.2, -0.15) is 4.98 Å². The Morgan fingerprint density at radius 1 is 1.13 bits per heavy atom. The van der Waals surface area contributed by atoms with E-state index in [0.717, 1.165) is 83.5 Å². The molecule has 3 aromatic rings. The van der Waals surface area contributed by atoms with Crippen LogP contribution in [0.4, 0.5) is 17.4 Å². The average molecular weight is 632 g/mol. The first kappa shape index (κ1) is 26.7. The minimum atomic E-state index is -0.0942. The van der Waals surface area contributed by atoms with Crippen LogP contribution in [0.2, 0.25) is 0 Å². The van der Waals surface area contributed by atoms with Crippen molar-refractivity contribution >= 4 is 62.9 Å². The molecule has 0 unspecified atom stereocenters. The van der Waals surface area contributed by atoms with Crippen LogP contribution in [-0.2, 0) is 16.1 Å². The number of anilines is 3. The number of oxazole rings is 1. The third kappa shape index (κ3) is 6.40. The van der Waals surface area contributed by atoms with Gasteiger partial charge in [-0.15, -0.1) is 0 Å². The summed E-state index contributed by atoms with van der Waals surface area (Å²) in [4.78, 5) is 31.0. The first-order valence-electron chi connectivity index (χ1n) is 13.3. The summed E-state index contributed by atoms with van der Waals surface area (Å²) in [6, 6.07) is 10.5. The molecule has 0 radical (unpaired) electrons. The molecule has 202 valence electrons. The summed E-state index contributed by atoms with van der Waals surface area (Å²) in [5, 5.41) is 9.38. The predicted octanol–water partition coefficient (Wildman–Crippen LogP) is 5.60. The number of likely N-dealkylation sites (tertiary alicyclic amines) is 1. The summed E-state index contributed by atoms with van der Waals surface area (Å²) in [5.74, 6) is 0.938. The van der Waals surface area contributed by atoms with E-state index in [2.05, 4.69) is 54.5 Å². The molecule has 38 heavy (non-hydrogen) atoms. The van der Waals surface area contributed by atoms with E-state index >= 15 is 0 Å². The minimum absolute atomic E-state index is 0.0925. The molecule has 1 saturated carbocycles. The van der Waals surface area contributed by atoms with Crippen LogP contribution in [-0.4, -0.2) is 47.4 Å². The summed E-state index contributed by atoms with van der Waals surface area (Å²) in [5.41, 5.74) is 4.09. The van der Waals surface area contributed by atoms with Crippen molar-refractivity contribution in [1.29, 1.82) is 0 Å². The lowest BCUT2D eigenvalue weighted by Gasteiger charge is -2.32. The van der Waals surface area contributed by atoms with Crippen molar-refractivity contribution in [2.45, 2.75) is 58.5 Å². The van der Waals surface area contributed by atoms with Gasteiger partial charge in [-0.05, 0) is 91.1 Å². The number of nitrogens with one attached hydrogen (secondary N) is 3. The van der Waals surface area contributed by atoms with Gasteiger partial charge < -0.3 is 25.1 Å². The van der Waals surface area contributed by atoms with Crippen LogP contribution in [0.25, 0.3) is 11.1 Å². The fraction of sp³-hybridized carbons (Fsp3) is 0.464. The van der Waals surface area contributed by atoms with Crippen molar-refractivity contribution < 1.29 is 18.7 Å². The number of nitrogens with zero attached hydrogens (tertiary/aromatic N) is 2. The van der Waals surface area contributed by atoms with E-state index in [1.165, 1.54) is 6.92 Å². The molecule has 1 aromatic heterocycles. The third-order valence-electron chi connectivity index (χ3n) is 7.16. The molecule has 2 heterocycles. The summed E-state index contributed by atoms with van der Waals surface area (Å²) < 4.78 is 12.7. The Morgan fingerprint density at radius 2 is 1.92 bits per heavy atom. The Bertz CT molecular complexity index is 1310. The smallest absolute Gasteiger partial charge is 0.295 e. The highest BCUT2D eigenvalue weighted by atomic mass is 127. The fourth-order valence-corrected chi connectivity index (χ4v) is 5.54. The number of amides is 2. The lowest BCUT2D eigenvalue weighted by Crippen LogP contribution is -2.38. The number of fused-ring (bicyclic) bond motifs is 1. The van der Waals surface area contributed by atoms with Gasteiger partial charge in [0.2, 0.25) is 11.8 Å². The maximum atomic E-state index is 12.3. The maximum absolute atomic E-state index is 12.3. The van der Waals surface area contributed by atoms with Gasteiger partial charge in [0.1, 0.15) is 11.3 Å². The van der Waals surface area contributed by atoms with Gasteiger partial charge in [-0.1, -0.05) is 6.42 Å². The Hall–Kier alpha value is -2.86. The Morgan fingerprint density at radius 3 is 2.61 bits per heavy atom. The zero-order chi connectivity index (χ0) is 26.6. The van der Waals surface area contributed by atoms with Gasteiger partial charge in [-0.25, -0.2) is 0 Å².